The van der Waals surface area contributed by atoms with Crippen molar-refractivity contribution in [3.05, 3.63) is 74.8 Å². The molecule has 1 aliphatic heterocycles. The van der Waals surface area contributed by atoms with Crippen LogP contribution < -0.4 is 10.9 Å². The predicted octanol–water partition coefficient (Wildman–Crippen LogP) is 3.06. The zero-order valence-electron chi connectivity index (χ0n) is 13.9. The first-order valence-corrected chi connectivity index (χ1v) is 8.70. The van der Waals surface area contributed by atoms with Crippen LogP contribution in [0.4, 0.5) is 5.69 Å². The minimum atomic E-state index is -0.434. The number of nitrogens with zero attached hydrogens (tertiary/aromatic N) is 2. The van der Waals surface area contributed by atoms with E-state index in [1.165, 1.54) is 16.7 Å². The van der Waals surface area contributed by atoms with Crippen molar-refractivity contribution in [2.75, 3.05) is 11.9 Å². The van der Waals surface area contributed by atoms with Crippen molar-refractivity contribution in [2.45, 2.75) is 19.4 Å². The lowest BCUT2D eigenvalue weighted by Gasteiger charge is -2.18. The van der Waals surface area contributed by atoms with Gasteiger partial charge in [0.1, 0.15) is 12.3 Å². The van der Waals surface area contributed by atoms with Crippen molar-refractivity contribution >= 4 is 28.9 Å². The molecule has 0 atom stereocenters. The number of carbonyl (C=O) groups excluding carboxylic acids is 1. The molecule has 0 saturated heterocycles. The number of aromatic nitrogens is 2. The molecule has 0 fully saturated rings. The molecule has 7 heteroatoms. The second-order valence-electron chi connectivity index (χ2n) is 6.14. The van der Waals surface area contributed by atoms with E-state index in [4.69, 9.17) is 16.3 Å². The number of hydrogen-bond donors (Lipinski definition) is 1. The number of carbonyl (C=O) groups is 1. The summed E-state index contributed by atoms with van der Waals surface area (Å²) in [5, 5.41) is 3.75. The molecule has 0 amide bonds. The summed E-state index contributed by atoms with van der Waals surface area (Å²) in [5.74, 6) is -0.434. The molecule has 1 aromatic carbocycles. The number of halogens is 1. The molecule has 0 spiro atoms. The third kappa shape index (κ3) is 3.28. The van der Waals surface area contributed by atoms with Crippen LogP contribution in [0.1, 0.15) is 28.0 Å². The van der Waals surface area contributed by atoms with Crippen molar-refractivity contribution in [1.29, 1.82) is 0 Å². The highest BCUT2D eigenvalue weighted by Crippen LogP contribution is 2.23. The maximum atomic E-state index is 12.3. The molecule has 132 valence electrons. The van der Waals surface area contributed by atoms with Crippen LogP contribution in [0.15, 0.2) is 47.4 Å². The number of anilines is 1. The van der Waals surface area contributed by atoms with Crippen molar-refractivity contribution in [3.8, 4) is 0 Å². The van der Waals surface area contributed by atoms with Crippen molar-refractivity contribution < 1.29 is 9.53 Å². The van der Waals surface area contributed by atoms with Crippen LogP contribution in [0.3, 0.4) is 0 Å². The molecule has 1 aliphatic rings. The molecule has 3 aromatic rings. The van der Waals surface area contributed by atoms with E-state index in [0.717, 1.165) is 30.6 Å². The van der Waals surface area contributed by atoms with E-state index in [-0.39, 0.29) is 12.2 Å². The van der Waals surface area contributed by atoms with Gasteiger partial charge in [-0.25, -0.2) is 9.78 Å². The fraction of sp³-hybridized carbons (Fsp3) is 0.211. The van der Waals surface area contributed by atoms with Gasteiger partial charge in [-0.15, -0.1) is 0 Å². The Morgan fingerprint density at radius 2 is 2.15 bits per heavy atom. The highest BCUT2D eigenvalue weighted by molar-refractivity contribution is 6.30. The number of aryl methyl sites for hydroxylation is 1. The molecule has 0 radical (unpaired) electrons. The largest absolute Gasteiger partial charge is 0.456 e. The topological polar surface area (TPSA) is 72.7 Å². The molecule has 0 unspecified atom stereocenters. The van der Waals surface area contributed by atoms with E-state index >= 15 is 0 Å². The van der Waals surface area contributed by atoms with Gasteiger partial charge in [-0.3, -0.25) is 9.20 Å². The summed E-state index contributed by atoms with van der Waals surface area (Å²) in [4.78, 5) is 28.8. The van der Waals surface area contributed by atoms with Crippen LogP contribution in [-0.2, 0) is 17.8 Å². The monoisotopic (exact) mass is 369 g/mol. The van der Waals surface area contributed by atoms with Gasteiger partial charge < -0.3 is 10.1 Å². The molecule has 2 aromatic heterocycles. The van der Waals surface area contributed by atoms with Crippen LogP contribution in [0, 0.1) is 0 Å². The number of hydrogen-bond acceptors (Lipinski definition) is 5. The number of pyridine rings is 1. The molecule has 0 saturated carbocycles. The Morgan fingerprint density at radius 1 is 1.27 bits per heavy atom. The second kappa shape index (κ2) is 6.80. The van der Waals surface area contributed by atoms with E-state index in [1.54, 1.807) is 18.2 Å². The SMILES string of the molecule is O=C(OCc1cc(=O)n2cc(Cl)ccc2n1)c1ccc2c(c1)CCCN2. The first-order chi connectivity index (χ1) is 12.6. The number of esters is 1. The standard InChI is InChI=1S/C19H16ClN3O3/c20-14-4-6-17-22-15(9-18(24)23(17)10-14)11-26-19(25)13-3-5-16-12(8-13)2-1-7-21-16/h3-6,8-10,21H,1-2,7,11H2. The number of benzene rings is 1. The highest BCUT2D eigenvalue weighted by atomic mass is 35.5. The normalized spacial score (nSPS) is 13.1. The van der Waals surface area contributed by atoms with E-state index in [2.05, 4.69) is 10.3 Å². The highest BCUT2D eigenvalue weighted by Gasteiger charge is 2.14. The Kier molecular flexibility index (Phi) is 4.34. The van der Waals surface area contributed by atoms with E-state index in [0.29, 0.717) is 21.9 Å². The molecule has 3 heterocycles. The van der Waals surface area contributed by atoms with Crippen LogP contribution in [0.25, 0.3) is 5.65 Å². The minimum Gasteiger partial charge on any atom is -0.456 e. The van der Waals surface area contributed by atoms with Gasteiger partial charge in [-0.05, 0) is 48.7 Å². The summed E-state index contributed by atoms with van der Waals surface area (Å²) in [6.07, 6.45) is 3.48. The summed E-state index contributed by atoms with van der Waals surface area (Å²) in [6, 6.07) is 10.1. The lowest BCUT2D eigenvalue weighted by molar-refractivity contribution is 0.0467. The van der Waals surface area contributed by atoms with Crippen LogP contribution in [-0.4, -0.2) is 21.9 Å². The average Bonchev–Trinajstić information content (AvgIpc) is 2.66. The van der Waals surface area contributed by atoms with E-state index in [1.807, 2.05) is 12.1 Å². The third-order valence-corrected chi connectivity index (χ3v) is 4.53. The number of nitrogens with one attached hydrogen (secondary N) is 1. The first kappa shape index (κ1) is 16.6. The first-order valence-electron chi connectivity index (χ1n) is 8.32. The van der Waals surface area contributed by atoms with Gasteiger partial charge in [-0.2, -0.15) is 0 Å². The van der Waals surface area contributed by atoms with Crippen molar-refractivity contribution in [2.24, 2.45) is 0 Å². The van der Waals surface area contributed by atoms with Gasteiger partial charge in [0.15, 0.2) is 0 Å². The Bertz CT molecular complexity index is 1060. The van der Waals surface area contributed by atoms with Gasteiger partial charge in [0.2, 0.25) is 0 Å². The molecule has 4 rings (SSSR count). The fourth-order valence-electron chi connectivity index (χ4n) is 3.02. The van der Waals surface area contributed by atoms with Gasteiger partial charge in [0.25, 0.3) is 5.56 Å². The number of rotatable bonds is 3. The van der Waals surface area contributed by atoms with Gasteiger partial charge >= 0.3 is 5.97 Å². The molecule has 6 nitrogen and oxygen atoms in total. The number of ether oxygens (including phenoxy) is 1. The smallest absolute Gasteiger partial charge is 0.338 e. The zero-order chi connectivity index (χ0) is 18.1. The van der Waals surface area contributed by atoms with Gasteiger partial charge in [0.05, 0.1) is 16.3 Å². The second-order valence-corrected chi connectivity index (χ2v) is 6.58. The molecule has 1 N–H and O–H groups in total. The maximum Gasteiger partial charge on any atom is 0.338 e. The third-order valence-electron chi connectivity index (χ3n) is 4.31. The Hall–Kier alpha value is -2.86. The van der Waals surface area contributed by atoms with Crippen molar-refractivity contribution in [3.63, 3.8) is 0 Å². The molecule has 0 aliphatic carbocycles. The summed E-state index contributed by atoms with van der Waals surface area (Å²) in [7, 11) is 0. The fourth-order valence-corrected chi connectivity index (χ4v) is 3.19. The summed E-state index contributed by atoms with van der Waals surface area (Å²) >= 11 is 5.89. The molecular weight excluding hydrogens is 354 g/mol. The van der Waals surface area contributed by atoms with E-state index < -0.39 is 5.97 Å². The lowest BCUT2D eigenvalue weighted by Crippen LogP contribution is -2.17. The van der Waals surface area contributed by atoms with E-state index in [9.17, 15) is 9.59 Å². The van der Waals surface area contributed by atoms with Crippen molar-refractivity contribution in [1.82, 2.24) is 9.38 Å². The van der Waals surface area contributed by atoms with Crippen LogP contribution >= 0.6 is 11.6 Å². The van der Waals surface area contributed by atoms with Crippen LogP contribution in [0.2, 0.25) is 5.02 Å². The zero-order valence-corrected chi connectivity index (χ0v) is 14.6. The predicted molar refractivity (Wildman–Crippen MR) is 98.8 cm³/mol. The maximum absolute atomic E-state index is 12.3. The lowest BCUT2D eigenvalue weighted by atomic mass is 10.0. The number of fused-ring (bicyclic) bond motifs is 2. The molecule has 26 heavy (non-hydrogen) atoms. The summed E-state index contributed by atoms with van der Waals surface area (Å²) in [6.45, 7) is 0.883. The summed E-state index contributed by atoms with van der Waals surface area (Å²) in [5.41, 5.74) is 3.25. The molecule has 0 bridgehead atoms. The quantitative estimate of drug-likeness (QED) is 0.718. The minimum absolute atomic E-state index is 0.0669. The Balaban J connectivity index is 1.52. The van der Waals surface area contributed by atoms with Gasteiger partial charge in [-0.1, -0.05) is 11.6 Å². The van der Waals surface area contributed by atoms with Crippen LogP contribution in [0.5, 0.6) is 0 Å². The molecular formula is C19H16ClN3O3. The summed E-state index contributed by atoms with van der Waals surface area (Å²) < 4.78 is 6.69. The van der Waals surface area contributed by atoms with Gasteiger partial charge in [0, 0.05) is 24.5 Å². The Morgan fingerprint density at radius 3 is 3.04 bits per heavy atom. The Labute approximate surface area is 154 Å². The average molecular weight is 370 g/mol.